The molecule has 0 atom stereocenters. The highest BCUT2D eigenvalue weighted by molar-refractivity contribution is 5.73. The number of ether oxygens (including phenoxy) is 1. The molecule has 0 bridgehead atoms. The number of nitrogens with zero attached hydrogens (tertiary/aromatic N) is 1. The summed E-state index contributed by atoms with van der Waals surface area (Å²) in [6, 6.07) is 7.57. The third kappa shape index (κ3) is 5.48. The third-order valence-corrected chi connectivity index (χ3v) is 2.20. The molecular weight excluding hydrogens is 230 g/mol. The molecule has 0 aliphatic heterocycles. The van der Waals surface area contributed by atoms with Gasteiger partial charge in [-0.05, 0) is 31.9 Å². The average Bonchev–Trinajstić information content (AvgIpc) is 2.25. The summed E-state index contributed by atoms with van der Waals surface area (Å²) in [4.78, 5) is 11.6. The largest absolute Gasteiger partial charge is 0.460 e. The quantitative estimate of drug-likeness (QED) is 0.386. The Morgan fingerprint density at radius 1 is 1.28 bits per heavy atom. The Balaban J connectivity index is 2.55. The van der Waals surface area contributed by atoms with Gasteiger partial charge < -0.3 is 9.94 Å². The fourth-order valence-corrected chi connectivity index (χ4v) is 1.48. The Kier molecular flexibility index (Phi) is 4.89. The fourth-order valence-electron chi connectivity index (χ4n) is 1.48. The molecule has 1 aromatic rings. The highest BCUT2D eigenvalue weighted by Gasteiger charge is 2.16. The number of rotatable bonds is 4. The molecule has 1 rings (SSSR count). The molecule has 0 heterocycles. The lowest BCUT2D eigenvalue weighted by Gasteiger charge is -2.19. The lowest BCUT2D eigenvalue weighted by atomic mass is 10.1. The van der Waals surface area contributed by atoms with Crippen LogP contribution in [0.5, 0.6) is 0 Å². The second-order valence-corrected chi connectivity index (χ2v) is 5.08. The van der Waals surface area contributed by atoms with Crippen LogP contribution in [-0.2, 0) is 22.4 Å². The van der Waals surface area contributed by atoms with Crippen molar-refractivity contribution in [3.8, 4) is 0 Å². The lowest BCUT2D eigenvalue weighted by molar-refractivity contribution is -0.153. The van der Waals surface area contributed by atoms with Gasteiger partial charge in [0, 0.05) is 12.6 Å². The molecule has 0 unspecified atom stereocenters. The maximum atomic E-state index is 11.6. The van der Waals surface area contributed by atoms with Gasteiger partial charge >= 0.3 is 5.97 Å². The molecule has 4 nitrogen and oxygen atoms in total. The van der Waals surface area contributed by atoms with Crippen LogP contribution in [0.15, 0.2) is 29.4 Å². The first-order valence-electron chi connectivity index (χ1n) is 5.86. The molecule has 0 fully saturated rings. The van der Waals surface area contributed by atoms with Gasteiger partial charge in [-0.15, -0.1) is 5.16 Å². The molecule has 0 saturated heterocycles. The Labute approximate surface area is 107 Å². The van der Waals surface area contributed by atoms with Gasteiger partial charge in [-0.3, -0.25) is 4.79 Å². The summed E-state index contributed by atoms with van der Waals surface area (Å²) in [5, 5.41) is 11.3. The van der Waals surface area contributed by atoms with Gasteiger partial charge in [0.25, 0.3) is 0 Å². The maximum Gasteiger partial charge on any atom is 0.310 e. The van der Waals surface area contributed by atoms with Crippen molar-refractivity contribution in [2.24, 2.45) is 5.16 Å². The molecule has 1 N–H and O–H groups in total. The normalized spacial score (nSPS) is 11.7. The van der Waals surface area contributed by atoms with Gasteiger partial charge in [0.05, 0.1) is 6.42 Å². The Morgan fingerprint density at radius 2 is 1.83 bits per heavy atom. The number of hydrogen-bond acceptors (Lipinski definition) is 4. The Hall–Kier alpha value is -1.84. The minimum absolute atomic E-state index is 0.229. The van der Waals surface area contributed by atoms with Crippen LogP contribution >= 0.6 is 0 Å². The van der Waals surface area contributed by atoms with Gasteiger partial charge in [-0.25, -0.2) is 0 Å². The summed E-state index contributed by atoms with van der Waals surface area (Å²) in [5.41, 5.74) is 1.49. The topological polar surface area (TPSA) is 58.9 Å². The summed E-state index contributed by atoms with van der Waals surface area (Å²) >= 11 is 0. The van der Waals surface area contributed by atoms with Gasteiger partial charge in [0.15, 0.2) is 0 Å². The second kappa shape index (κ2) is 6.19. The van der Waals surface area contributed by atoms with Crippen LogP contribution < -0.4 is 0 Å². The number of oxime groups is 1. The minimum Gasteiger partial charge on any atom is -0.460 e. The zero-order valence-corrected chi connectivity index (χ0v) is 11.0. The van der Waals surface area contributed by atoms with E-state index in [0.717, 1.165) is 11.1 Å². The van der Waals surface area contributed by atoms with E-state index in [-0.39, 0.29) is 12.4 Å². The number of carbonyl (C=O) groups excluding carboxylic acids is 1. The van der Waals surface area contributed by atoms with Crippen LogP contribution in [0.3, 0.4) is 0 Å². The molecule has 18 heavy (non-hydrogen) atoms. The first kappa shape index (κ1) is 14.2. The summed E-state index contributed by atoms with van der Waals surface area (Å²) in [7, 11) is 0. The molecule has 0 aromatic heterocycles. The zero-order valence-electron chi connectivity index (χ0n) is 11.0. The van der Waals surface area contributed by atoms with Crippen LogP contribution in [0, 0.1) is 0 Å². The van der Waals surface area contributed by atoms with E-state index in [1.807, 2.05) is 45.0 Å². The Bertz CT molecular complexity index is 416. The maximum absolute atomic E-state index is 11.6. The van der Waals surface area contributed by atoms with E-state index in [0.29, 0.717) is 6.42 Å². The zero-order chi connectivity index (χ0) is 13.6. The fraction of sp³-hybridized carbons (Fsp3) is 0.429. The first-order chi connectivity index (χ1) is 8.40. The van der Waals surface area contributed by atoms with Gasteiger partial charge in [-0.1, -0.05) is 24.3 Å². The van der Waals surface area contributed by atoms with Crippen molar-refractivity contribution in [2.75, 3.05) is 0 Å². The molecule has 0 spiro atoms. The predicted molar refractivity (Wildman–Crippen MR) is 70.0 cm³/mol. The van der Waals surface area contributed by atoms with Crippen LogP contribution in [0.1, 0.15) is 31.9 Å². The molecule has 0 aliphatic rings. The summed E-state index contributed by atoms with van der Waals surface area (Å²) < 4.78 is 5.24. The van der Waals surface area contributed by atoms with Crippen molar-refractivity contribution in [3.05, 3.63) is 35.4 Å². The van der Waals surface area contributed by atoms with E-state index >= 15 is 0 Å². The number of esters is 1. The number of carbonyl (C=O) groups is 1. The van der Waals surface area contributed by atoms with E-state index in [9.17, 15) is 4.79 Å². The van der Waals surface area contributed by atoms with Gasteiger partial charge in [0.1, 0.15) is 5.60 Å². The van der Waals surface area contributed by atoms with Crippen molar-refractivity contribution in [2.45, 2.75) is 39.2 Å². The molecule has 98 valence electrons. The number of hydrogen-bond donors (Lipinski definition) is 1. The molecule has 0 aliphatic carbocycles. The summed E-state index contributed by atoms with van der Waals surface area (Å²) in [6.45, 7) is 5.55. The van der Waals surface area contributed by atoms with E-state index in [1.54, 1.807) is 0 Å². The van der Waals surface area contributed by atoms with Crippen molar-refractivity contribution in [1.82, 2.24) is 0 Å². The highest BCUT2D eigenvalue weighted by Crippen LogP contribution is 2.11. The molecule has 0 radical (unpaired) electrons. The van der Waals surface area contributed by atoms with Crippen molar-refractivity contribution in [3.63, 3.8) is 0 Å². The smallest absolute Gasteiger partial charge is 0.310 e. The van der Waals surface area contributed by atoms with E-state index in [1.165, 1.54) is 6.21 Å². The molecule has 0 saturated carbocycles. The second-order valence-electron chi connectivity index (χ2n) is 5.08. The highest BCUT2D eigenvalue weighted by atomic mass is 16.6. The SMILES string of the molecule is CC(C)(C)OC(=O)Cc1ccc(CC=NO)cc1. The molecule has 1 aromatic carbocycles. The number of benzene rings is 1. The molecule has 0 amide bonds. The van der Waals surface area contributed by atoms with Crippen molar-refractivity contribution < 1.29 is 14.7 Å². The molecule has 4 heteroatoms. The minimum atomic E-state index is -0.450. The van der Waals surface area contributed by atoms with Crippen LogP contribution in [-0.4, -0.2) is 23.0 Å². The van der Waals surface area contributed by atoms with Crippen LogP contribution in [0.4, 0.5) is 0 Å². The predicted octanol–water partition coefficient (Wildman–Crippen LogP) is 2.57. The summed E-state index contributed by atoms with van der Waals surface area (Å²) in [5.74, 6) is -0.229. The molecular formula is C14H19NO3. The van der Waals surface area contributed by atoms with Crippen molar-refractivity contribution >= 4 is 12.2 Å². The third-order valence-electron chi connectivity index (χ3n) is 2.20. The Morgan fingerprint density at radius 3 is 2.33 bits per heavy atom. The monoisotopic (exact) mass is 249 g/mol. The lowest BCUT2D eigenvalue weighted by Crippen LogP contribution is -2.24. The van der Waals surface area contributed by atoms with Crippen LogP contribution in [0.25, 0.3) is 0 Å². The van der Waals surface area contributed by atoms with Gasteiger partial charge in [-0.2, -0.15) is 0 Å². The van der Waals surface area contributed by atoms with E-state index in [2.05, 4.69) is 5.16 Å². The van der Waals surface area contributed by atoms with E-state index in [4.69, 9.17) is 9.94 Å². The van der Waals surface area contributed by atoms with Gasteiger partial charge in [0.2, 0.25) is 0 Å². The standard InChI is InChI=1S/C14H19NO3/c1-14(2,3)18-13(16)10-12-6-4-11(5-7-12)8-9-15-17/h4-7,9,17H,8,10H2,1-3H3. The van der Waals surface area contributed by atoms with Crippen molar-refractivity contribution in [1.29, 1.82) is 0 Å². The summed E-state index contributed by atoms with van der Waals surface area (Å²) in [6.07, 6.45) is 2.26. The first-order valence-corrected chi connectivity index (χ1v) is 5.86. The average molecular weight is 249 g/mol. The van der Waals surface area contributed by atoms with E-state index < -0.39 is 5.60 Å². The van der Waals surface area contributed by atoms with Crippen LogP contribution in [0.2, 0.25) is 0 Å².